The second-order valence-electron chi connectivity index (χ2n) is 4.77. The number of hydrogen-bond donors (Lipinski definition) is 0. The minimum absolute atomic E-state index is 0.0421. The molecule has 0 aromatic heterocycles. The van der Waals surface area contributed by atoms with Crippen LogP contribution in [0, 0.1) is 15.9 Å². The van der Waals surface area contributed by atoms with Gasteiger partial charge in [0.05, 0.1) is 22.1 Å². The molecule has 130 valence electrons. The topological polar surface area (TPSA) is 92.5 Å². The van der Waals surface area contributed by atoms with Crippen LogP contribution in [0.25, 0.3) is 6.08 Å². The van der Waals surface area contributed by atoms with Crippen LogP contribution in [0.2, 0.25) is 10.0 Å². The van der Waals surface area contributed by atoms with Gasteiger partial charge in [-0.2, -0.15) is 0 Å². The summed E-state index contributed by atoms with van der Waals surface area (Å²) in [6, 6.07) is 4.22. The van der Waals surface area contributed by atoms with E-state index in [1.165, 1.54) is 19.3 Å². The lowest BCUT2D eigenvalue weighted by Crippen LogP contribution is -2.01. The molecule has 6 nitrogen and oxygen atoms in total. The Morgan fingerprint density at radius 2 is 1.92 bits per heavy atom. The van der Waals surface area contributed by atoms with Gasteiger partial charge in [0, 0.05) is 17.4 Å². The van der Waals surface area contributed by atoms with Gasteiger partial charge in [-0.1, -0.05) is 29.3 Å². The zero-order valence-electron chi connectivity index (χ0n) is 12.6. The summed E-state index contributed by atoms with van der Waals surface area (Å²) in [4.78, 5) is 22.2. The van der Waals surface area contributed by atoms with E-state index in [1.54, 1.807) is 0 Å². The van der Waals surface area contributed by atoms with Gasteiger partial charge >= 0.3 is 0 Å². The fourth-order valence-electron chi connectivity index (χ4n) is 1.96. The number of carbonyl (C=O) groups excluding carboxylic acids is 1. The van der Waals surface area contributed by atoms with Gasteiger partial charge < -0.3 is 9.84 Å². The maximum absolute atomic E-state index is 13.5. The average molecular weight is 385 g/mol. The molecule has 25 heavy (non-hydrogen) atoms. The first-order chi connectivity index (χ1) is 11.7. The quantitative estimate of drug-likeness (QED) is 0.255. The molecule has 0 aliphatic heterocycles. The highest BCUT2D eigenvalue weighted by Crippen LogP contribution is 2.35. The molecule has 0 unspecified atom stereocenters. The Morgan fingerprint density at radius 1 is 1.24 bits per heavy atom. The molecule has 2 aromatic carbocycles. The van der Waals surface area contributed by atoms with E-state index < -0.39 is 28.0 Å². The van der Waals surface area contributed by atoms with E-state index in [0.717, 1.165) is 24.3 Å². The molecule has 0 amide bonds. The molecule has 2 rings (SSSR count). The van der Waals surface area contributed by atoms with Gasteiger partial charge in [0.2, 0.25) is 0 Å². The molecule has 0 fully saturated rings. The van der Waals surface area contributed by atoms with E-state index in [1.807, 2.05) is 0 Å². The van der Waals surface area contributed by atoms with Gasteiger partial charge in [0.1, 0.15) is 11.6 Å². The van der Waals surface area contributed by atoms with Crippen LogP contribution in [0.5, 0.6) is 11.5 Å². The molecule has 0 bridgehead atoms. The summed E-state index contributed by atoms with van der Waals surface area (Å²) >= 11 is 11.4. The Kier molecular flexibility index (Phi) is 5.61. The maximum atomic E-state index is 13.5. The molecular formula is C16H9Cl2FNO5-. The molecule has 0 saturated carbocycles. The fourth-order valence-corrected chi connectivity index (χ4v) is 2.44. The van der Waals surface area contributed by atoms with Crippen LogP contribution in [-0.2, 0) is 0 Å². The number of nitro groups is 1. The SMILES string of the molecule is COc1cc(/C=C/C(=O)c2cc(F)c(Cl)cc2Cl)cc([N+](=O)[O-])c1[O-]. The number of benzene rings is 2. The summed E-state index contributed by atoms with van der Waals surface area (Å²) in [5, 5.41) is 22.4. The molecule has 0 spiro atoms. The number of nitro benzene ring substituents is 1. The number of carbonyl (C=O) groups is 1. The number of methoxy groups -OCH3 is 1. The zero-order valence-corrected chi connectivity index (χ0v) is 14.1. The van der Waals surface area contributed by atoms with Crippen LogP contribution in [0.4, 0.5) is 10.1 Å². The van der Waals surface area contributed by atoms with Crippen molar-refractivity contribution in [2.45, 2.75) is 0 Å². The van der Waals surface area contributed by atoms with Crippen molar-refractivity contribution in [3.8, 4) is 11.5 Å². The number of nitrogens with zero attached hydrogens (tertiary/aromatic N) is 1. The smallest absolute Gasteiger partial charge is 0.266 e. The number of rotatable bonds is 5. The lowest BCUT2D eigenvalue weighted by atomic mass is 10.1. The first kappa shape index (κ1) is 18.7. The minimum atomic E-state index is -0.876. The molecule has 0 saturated heterocycles. The number of ether oxygens (including phenoxy) is 1. The van der Waals surface area contributed by atoms with Crippen molar-refractivity contribution in [3.05, 3.63) is 67.4 Å². The van der Waals surface area contributed by atoms with Crippen LogP contribution in [0.3, 0.4) is 0 Å². The van der Waals surface area contributed by atoms with Crippen molar-refractivity contribution in [2.75, 3.05) is 7.11 Å². The Labute approximate surface area is 151 Å². The second-order valence-corrected chi connectivity index (χ2v) is 5.59. The summed E-state index contributed by atoms with van der Waals surface area (Å²) < 4.78 is 18.3. The van der Waals surface area contributed by atoms with Crippen LogP contribution in [-0.4, -0.2) is 17.8 Å². The van der Waals surface area contributed by atoms with Crippen LogP contribution >= 0.6 is 23.2 Å². The molecule has 2 aromatic rings. The van der Waals surface area contributed by atoms with Crippen molar-refractivity contribution >= 4 is 40.7 Å². The van der Waals surface area contributed by atoms with Gasteiger partial charge in [-0.25, -0.2) is 4.39 Å². The monoisotopic (exact) mass is 384 g/mol. The molecule has 0 atom stereocenters. The minimum Gasteiger partial charge on any atom is -0.865 e. The Morgan fingerprint density at radius 3 is 2.52 bits per heavy atom. The molecule has 0 radical (unpaired) electrons. The number of halogens is 3. The largest absolute Gasteiger partial charge is 0.865 e. The van der Waals surface area contributed by atoms with E-state index in [0.29, 0.717) is 0 Å². The lowest BCUT2D eigenvalue weighted by Gasteiger charge is -2.13. The summed E-state index contributed by atoms with van der Waals surface area (Å²) in [7, 11) is 1.19. The van der Waals surface area contributed by atoms with Crippen molar-refractivity contribution in [3.63, 3.8) is 0 Å². The van der Waals surface area contributed by atoms with Crippen LogP contribution in [0.15, 0.2) is 30.3 Å². The predicted molar refractivity (Wildman–Crippen MR) is 88.9 cm³/mol. The number of allylic oxidation sites excluding steroid dienone is 1. The summed E-state index contributed by atoms with van der Waals surface area (Å²) in [5.74, 6) is -2.57. The third-order valence-corrected chi connectivity index (χ3v) is 3.78. The predicted octanol–water partition coefficient (Wildman–Crippen LogP) is 4.02. The third-order valence-electron chi connectivity index (χ3n) is 3.18. The standard InChI is InChI=1S/C16H10Cl2FNO5/c1-25-15-5-8(4-13(16(15)22)20(23)24)2-3-14(21)9-6-12(19)11(18)7-10(9)17/h2-7,22H,1H3/p-1/b3-2+. The second kappa shape index (κ2) is 7.50. The van der Waals surface area contributed by atoms with Crippen molar-refractivity contribution < 1.29 is 24.0 Å². The highest BCUT2D eigenvalue weighted by Gasteiger charge is 2.14. The highest BCUT2D eigenvalue weighted by atomic mass is 35.5. The maximum Gasteiger partial charge on any atom is 0.266 e. The molecule has 0 heterocycles. The van der Waals surface area contributed by atoms with E-state index >= 15 is 0 Å². The van der Waals surface area contributed by atoms with Gasteiger partial charge in [-0.3, -0.25) is 14.9 Å². The molecule has 0 aliphatic rings. The van der Waals surface area contributed by atoms with E-state index in [-0.39, 0.29) is 26.9 Å². The summed E-state index contributed by atoms with van der Waals surface area (Å²) in [6.07, 6.45) is 2.26. The number of ketones is 1. The van der Waals surface area contributed by atoms with Crippen molar-refractivity contribution in [1.82, 2.24) is 0 Å². The highest BCUT2D eigenvalue weighted by molar-refractivity contribution is 6.37. The Hall–Kier alpha value is -2.64. The fraction of sp³-hybridized carbons (Fsp3) is 0.0625. The van der Waals surface area contributed by atoms with Gasteiger partial charge in [-0.05, 0) is 29.8 Å². The summed E-state index contributed by atoms with van der Waals surface area (Å²) in [6.45, 7) is 0. The van der Waals surface area contributed by atoms with Crippen molar-refractivity contribution in [2.24, 2.45) is 0 Å². The van der Waals surface area contributed by atoms with Gasteiger partial charge in [-0.15, -0.1) is 0 Å². The Bertz CT molecular complexity index is 899. The molecule has 9 heteroatoms. The normalized spacial score (nSPS) is 10.9. The number of hydrogen-bond acceptors (Lipinski definition) is 5. The first-order valence-corrected chi connectivity index (χ1v) is 7.40. The van der Waals surface area contributed by atoms with Crippen LogP contribution < -0.4 is 9.84 Å². The zero-order chi connectivity index (χ0) is 18.7. The average Bonchev–Trinajstić information content (AvgIpc) is 2.56. The van der Waals surface area contributed by atoms with E-state index in [4.69, 9.17) is 27.9 Å². The molecule has 0 aliphatic carbocycles. The van der Waals surface area contributed by atoms with E-state index in [9.17, 15) is 24.4 Å². The third kappa shape index (κ3) is 4.07. The van der Waals surface area contributed by atoms with E-state index in [2.05, 4.69) is 0 Å². The van der Waals surface area contributed by atoms with Gasteiger partial charge in [0.15, 0.2) is 5.78 Å². The van der Waals surface area contributed by atoms with Crippen molar-refractivity contribution in [1.29, 1.82) is 0 Å². The molecule has 0 N–H and O–H groups in total. The van der Waals surface area contributed by atoms with Gasteiger partial charge in [0.25, 0.3) is 5.69 Å². The molecular weight excluding hydrogens is 376 g/mol. The summed E-state index contributed by atoms with van der Waals surface area (Å²) in [5.41, 5.74) is -0.634. The lowest BCUT2D eigenvalue weighted by molar-refractivity contribution is -0.398. The Balaban J connectivity index is 2.39. The van der Waals surface area contributed by atoms with Crippen LogP contribution in [0.1, 0.15) is 15.9 Å². The first-order valence-electron chi connectivity index (χ1n) is 6.65.